The second-order valence-electron chi connectivity index (χ2n) is 0.750. The van der Waals surface area contributed by atoms with E-state index in [0.717, 1.165) is 6.54 Å². The zero-order valence-electron chi connectivity index (χ0n) is 2.31. The highest BCUT2D eigenvalue weighted by molar-refractivity contribution is 5.16. The highest BCUT2D eigenvalue weighted by atomic mass is 14.9. The van der Waals surface area contributed by atoms with Crippen LogP contribution in [0.2, 0.25) is 0 Å². The summed E-state index contributed by atoms with van der Waals surface area (Å²) in [5, 5.41) is 3.74. The Kier molecular flexibility index (Phi) is 0.219. The Balaban J connectivity index is 2.47. The van der Waals surface area contributed by atoms with E-state index < -0.39 is 0 Å². The maximum absolute atomic E-state index is 3.74. The largest absolute Gasteiger partial charge is 0.688 e. The molecule has 0 aromatic carbocycles. The Morgan fingerprint density at radius 2 is 2.00 bits per heavy atom. The van der Waals surface area contributed by atoms with Gasteiger partial charge in [-0.3, -0.25) is 0 Å². The lowest BCUT2D eigenvalue weighted by Crippen LogP contribution is -1.79. The van der Waals surface area contributed by atoms with Gasteiger partial charge in [0.15, 0.2) is 0 Å². The molecule has 1 aliphatic heterocycles. The van der Waals surface area contributed by atoms with Gasteiger partial charge in [-0.15, -0.1) is 12.6 Å². The van der Waals surface area contributed by atoms with Gasteiger partial charge in [0.1, 0.15) is 0 Å². The zero-order valence-corrected chi connectivity index (χ0v) is 2.31. The van der Waals surface area contributed by atoms with Crippen LogP contribution in [0.5, 0.6) is 0 Å². The molecule has 0 bridgehead atoms. The maximum Gasteiger partial charge on any atom is -0.114 e. The third kappa shape index (κ3) is 0.0358. The molecule has 0 spiro atoms. The van der Waals surface area contributed by atoms with Crippen molar-refractivity contribution < 1.29 is 0 Å². The molecule has 4 heavy (non-hydrogen) atoms. The molecule has 0 saturated carbocycles. The number of rotatable bonds is 0. The predicted molar refractivity (Wildman–Crippen MR) is 17.4 cm³/mol. The topological polar surface area (TPSA) is 14.1 Å². The van der Waals surface area contributed by atoms with Gasteiger partial charge in [0.2, 0.25) is 0 Å². The first-order valence-electron chi connectivity index (χ1n) is 1.32. The van der Waals surface area contributed by atoms with Gasteiger partial charge in [0, 0.05) is 0 Å². The number of hydrogen-bond acceptors (Lipinski definition) is 0. The molecule has 0 aromatic rings. The van der Waals surface area contributed by atoms with Crippen LogP contribution < -0.4 is 0 Å². The summed E-state index contributed by atoms with van der Waals surface area (Å²) in [6.45, 7) is 0.944. The smallest absolute Gasteiger partial charge is 0.114 e. The maximum atomic E-state index is 3.74. The standard InChI is InChI=1S/C3H4N/c1-2-4-3-1/h1-2H,3H2/q-1. The predicted octanol–water partition coefficient (Wildman–Crippen LogP) is 0.887. The highest BCUT2D eigenvalue weighted by Crippen LogP contribution is 1.97. The van der Waals surface area contributed by atoms with E-state index in [1.165, 1.54) is 0 Å². The SMILES string of the molecule is C1=C[N-]C1. The van der Waals surface area contributed by atoms with Crippen LogP contribution in [0, 0.1) is 0 Å². The minimum Gasteiger partial charge on any atom is -0.688 e. The lowest BCUT2D eigenvalue weighted by atomic mass is 10.5. The summed E-state index contributed by atoms with van der Waals surface area (Å²) in [5.74, 6) is 0. The summed E-state index contributed by atoms with van der Waals surface area (Å²) in [5.41, 5.74) is 0. The van der Waals surface area contributed by atoms with Crippen molar-refractivity contribution in [3.8, 4) is 0 Å². The van der Waals surface area contributed by atoms with E-state index in [-0.39, 0.29) is 0 Å². The van der Waals surface area contributed by atoms with Crippen LogP contribution >= 0.6 is 0 Å². The van der Waals surface area contributed by atoms with Gasteiger partial charge >= 0.3 is 0 Å². The highest BCUT2D eigenvalue weighted by Gasteiger charge is 1.60. The summed E-state index contributed by atoms with van der Waals surface area (Å²) >= 11 is 0. The van der Waals surface area contributed by atoms with E-state index >= 15 is 0 Å². The quantitative estimate of drug-likeness (QED) is 0.390. The van der Waals surface area contributed by atoms with Gasteiger partial charge < -0.3 is 5.32 Å². The summed E-state index contributed by atoms with van der Waals surface area (Å²) in [6.07, 6.45) is 3.82. The summed E-state index contributed by atoms with van der Waals surface area (Å²) < 4.78 is 0. The first kappa shape index (κ1) is 1.82. The minimum atomic E-state index is 0.944. The van der Waals surface area contributed by atoms with Gasteiger partial charge in [-0.2, -0.15) is 6.20 Å². The van der Waals surface area contributed by atoms with Crippen molar-refractivity contribution in [3.05, 3.63) is 17.6 Å². The first-order chi connectivity index (χ1) is 2.00. The summed E-state index contributed by atoms with van der Waals surface area (Å²) in [4.78, 5) is 0. The van der Waals surface area contributed by atoms with Gasteiger partial charge in [-0.05, 0) is 0 Å². The average molecular weight is 54.1 g/mol. The molecule has 0 radical (unpaired) electrons. The fourth-order valence-corrected chi connectivity index (χ4v) is 0.105. The Labute approximate surface area is 25.3 Å². The van der Waals surface area contributed by atoms with Crippen LogP contribution in [0.25, 0.3) is 5.32 Å². The van der Waals surface area contributed by atoms with Crippen LogP contribution in [-0.2, 0) is 0 Å². The Morgan fingerprint density at radius 3 is 2.00 bits per heavy atom. The molecular formula is C3H4N-. The molecule has 22 valence electrons. The lowest BCUT2D eigenvalue weighted by Gasteiger charge is -2.19. The average Bonchev–Trinajstić information content (AvgIpc) is 0.722. The minimum absolute atomic E-state index is 0.944. The zero-order chi connectivity index (χ0) is 2.83. The van der Waals surface area contributed by atoms with Crippen LogP contribution in [-0.4, -0.2) is 6.54 Å². The normalized spacial score (nSPS) is 18.0. The molecular weight excluding hydrogens is 50.0 g/mol. The summed E-state index contributed by atoms with van der Waals surface area (Å²) in [6, 6.07) is 0. The van der Waals surface area contributed by atoms with E-state index in [9.17, 15) is 0 Å². The molecule has 1 aliphatic rings. The molecule has 0 aromatic heterocycles. The van der Waals surface area contributed by atoms with E-state index in [1.807, 2.05) is 6.08 Å². The second kappa shape index (κ2) is 0.481. The first-order valence-corrected chi connectivity index (χ1v) is 1.32. The molecule has 0 aliphatic carbocycles. The van der Waals surface area contributed by atoms with Crippen molar-refractivity contribution in [3.63, 3.8) is 0 Å². The Bertz CT molecular complexity index is 32.5. The Hall–Kier alpha value is -0.460. The van der Waals surface area contributed by atoms with Crippen LogP contribution in [0.1, 0.15) is 0 Å². The van der Waals surface area contributed by atoms with Gasteiger partial charge in [0.25, 0.3) is 0 Å². The van der Waals surface area contributed by atoms with Gasteiger partial charge in [0.05, 0.1) is 0 Å². The fraction of sp³-hybridized carbons (Fsp3) is 0.333. The molecule has 0 atom stereocenters. The molecule has 0 fully saturated rings. The van der Waals surface area contributed by atoms with Crippen molar-refractivity contribution >= 4 is 0 Å². The molecule has 1 heterocycles. The molecule has 1 heteroatoms. The molecule has 0 saturated heterocycles. The third-order valence-corrected chi connectivity index (χ3v) is 0.422. The van der Waals surface area contributed by atoms with E-state index in [2.05, 4.69) is 5.32 Å². The van der Waals surface area contributed by atoms with E-state index in [0.29, 0.717) is 0 Å². The van der Waals surface area contributed by atoms with Gasteiger partial charge in [-0.25, -0.2) is 0 Å². The third-order valence-electron chi connectivity index (χ3n) is 0.422. The van der Waals surface area contributed by atoms with Crippen LogP contribution in [0.4, 0.5) is 0 Å². The van der Waals surface area contributed by atoms with Gasteiger partial charge in [-0.1, -0.05) is 0 Å². The van der Waals surface area contributed by atoms with Crippen molar-refractivity contribution in [1.82, 2.24) is 0 Å². The molecule has 0 unspecified atom stereocenters. The molecule has 0 N–H and O–H groups in total. The molecule has 1 rings (SSSR count). The van der Waals surface area contributed by atoms with Crippen molar-refractivity contribution in [2.75, 3.05) is 6.54 Å². The van der Waals surface area contributed by atoms with Crippen molar-refractivity contribution in [1.29, 1.82) is 0 Å². The van der Waals surface area contributed by atoms with Crippen LogP contribution in [0.15, 0.2) is 12.3 Å². The van der Waals surface area contributed by atoms with E-state index in [4.69, 9.17) is 0 Å². The Morgan fingerprint density at radius 1 is 1.75 bits per heavy atom. The van der Waals surface area contributed by atoms with Crippen molar-refractivity contribution in [2.24, 2.45) is 0 Å². The summed E-state index contributed by atoms with van der Waals surface area (Å²) in [7, 11) is 0. The molecule has 1 nitrogen and oxygen atoms in total. The lowest BCUT2D eigenvalue weighted by molar-refractivity contribution is 1.34. The number of hydrogen-bond donors (Lipinski definition) is 0. The monoisotopic (exact) mass is 54.0 g/mol. The van der Waals surface area contributed by atoms with Crippen LogP contribution in [0.3, 0.4) is 0 Å². The van der Waals surface area contributed by atoms with Crippen molar-refractivity contribution in [2.45, 2.75) is 0 Å². The fourth-order valence-electron chi connectivity index (χ4n) is 0.105. The van der Waals surface area contributed by atoms with E-state index in [1.54, 1.807) is 6.20 Å². The number of nitrogens with zero attached hydrogens (tertiary/aromatic N) is 1. The second-order valence-corrected chi connectivity index (χ2v) is 0.750. The molecule has 0 amide bonds.